The monoisotopic (exact) mass is 601 g/mol. The van der Waals surface area contributed by atoms with Crippen molar-refractivity contribution in [2.45, 2.75) is 6.10 Å². The van der Waals surface area contributed by atoms with Gasteiger partial charge in [-0.2, -0.15) is 0 Å². The second-order valence-corrected chi connectivity index (χ2v) is 11.3. The van der Waals surface area contributed by atoms with E-state index in [1.165, 1.54) is 6.07 Å². The number of aromatic nitrogens is 1. The molecule has 6 rings (SSSR count). The average molecular weight is 603 g/mol. The molecule has 0 amide bonds. The Morgan fingerprint density at radius 3 is 2.33 bits per heavy atom. The van der Waals surface area contributed by atoms with Crippen molar-refractivity contribution in [2.24, 2.45) is 0 Å². The molecular weight excluding hydrogens is 572 g/mol. The Morgan fingerprint density at radius 1 is 0.833 bits per heavy atom. The van der Waals surface area contributed by atoms with Gasteiger partial charge in [0.25, 0.3) is 0 Å². The number of aliphatic hydroxyl groups excluding tert-OH is 1. The van der Waals surface area contributed by atoms with Crippen molar-refractivity contribution in [1.82, 2.24) is 9.88 Å². The highest BCUT2D eigenvalue weighted by Gasteiger charge is 2.21. The van der Waals surface area contributed by atoms with E-state index in [4.69, 9.17) is 32.9 Å². The Balaban J connectivity index is 1.09. The Labute approximate surface area is 254 Å². The van der Waals surface area contributed by atoms with Crippen LogP contribution in [0, 0.1) is 5.82 Å². The van der Waals surface area contributed by atoms with Crippen molar-refractivity contribution in [3.05, 3.63) is 113 Å². The Hall–Kier alpha value is -3.68. The van der Waals surface area contributed by atoms with E-state index in [-0.39, 0.29) is 12.4 Å². The van der Waals surface area contributed by atoms with Crippen molar-refractivity contribution >= 4 is 39.8 Å². The van der Waals surface area contributed by atoms with Gasteiger partial charge in [-0.25, -0.2) is 9.37 Å². The molecule has 1 aromatic heterocycles. The van der Waals surface area contributed by atoms with Crippen LogP contribution in [0.25, 0.3) is 33.3 Å². The number of fused-ring (bicyclic) bond motifs is 1. The fourth-order valence-electron chi connectivity index (χ4n) is 5.39. The lowest BCUT2D eigenvalue weighted by Crippen LogP contribution is -2.49. The highest BCUT2D eigenvalue weighted by atomic mass is 35.5. The van der Waals surface area contributed by atoms with Crippen molar-refractivity contribution < 1.29 is 14.2 Å². The molecule has 0 saturated carbocycles. The van der Waals surface area contributed by atoms with Crippen molar-refractivity contribution in [2.75, 3.05) is 44.2 Å². The van der Waals surface area contributed by atoms with E-state index in [2.05, 4.69) is 4.90 Å². The maximum atomic E-state index is 14.1. The lowest BCUT2D eigenvalue weighted by atomic mass is 9.98. The normalized spacial score (nSPS) is 14.7. The number of halogens is 3. The van der Waals surface area contributed by atoms with Crippen LogP contribution in [0.4, 0.5) is 10.1 Å². The highest BCUT2D eigenvalue weighted by molar-refractivity contribution is 6.34. The predicted octanol–water partition coefficient (Wildman–Crippen LogP) is 7.58. The van der Waals surface area contributed by atoms with Gasteiger partial charge < -0.3 is 14.7 Å². The van der Waals surface area contributed by atoms with Crippen LogP contribution in [0.2, 0.25) is 10.0 Å². The van der Waals surface area contributed by atoms with E-state index < -0.39 is 6.10 Å². The van der Waals surface area contributed by atoms with Crippen LogP contribution in [-0.2, 0) is 0 Å². The van der Waals surface area contributed by atoms with Gasteiger partial charge in [0.1, 0.15) is 24.3 Å². The van der Waals surface area contributed by atoms with Gasteiger partial charge in [0, 0.05) is 59.3 Å². The van der Waals surface area contributed by atoms with Crippen LogP contribution < -0.4 is 9.64 Å². The first-order chi connectivity index (χ1) is 20.4. The minimum absolute atomic E-state index is 0.179. The molecule has 1 aliphatic heterocycles. The molecule has 2 heterocycles. The van der Waals surface area contributed by atoms with Gasteiger partial charge >= 0.3 is 0 Å². The zero-order valence-corrected chi connectivity index (χ0v) is 24.4. The minimum Gasteiger partial charge on any atom is -0.491 e. The van der Waals surface area contributed by atoms with Crippen LogP contribution in [0.5, 0.6) is 5.75 Å². The molecule has 1 atom stereocenters. The third kappa shape index (κ3) is 6.37. The molecule has 1 unspecified atom stereocenters. The predicted molar refractivity (Wildman–Crippen MR) is 169 cm³/mol. The lowest BCUT2D eigenvalue weighted by molar-refractivity contribution is 0.0663. The smallest absolute Gasteiger partial charge is 0.146 e. The second-order valence-electron chi connectivity index (χ2n) is 10.4. The van der Waals surface area contributed by atoms with E-state index in [0.29, 0.717) is 41.1 Å². The van der Waals surface area contributed by atoms with Crippen molar-refractivity contribution in [3.8, 4) is 28.1 Å². The molecule has 5 aromatic rings. The largest absolute Gasteiger partial charge is 0.491 e. The highest BCUT2D eigenvalue weighted by Crippen LogP contribution is 2.37. The summed E-state index contributed by atoms with van der Waals surface area (Å²) in [5.41, 5.74) is 5.07. The van der Waals surface area contributed by atoms with Gasteiger partial charge in [-0.05, 0) is 72.3 Å². The Kier molecular flexibility index (Phi) is 8.58. The zero-order chi connectivity index (χ0) is 29.1. The van der Waals surface area contributed by atoms with Crippen molar-refractivity contribution in [3.63, 3.8) is 0 Å². The number of ether oxygens (including phenoxy) is 1. The number of nitrogens with zero attached hydrogens (tertiary/aromatic N) is 3. The first-order valence-electron chi connectivity index (χ1n) is 13.9. The first-order valence-corrected chi connectivity index (χ1v) is 14.7. The molecule has 214 valence electrons. The second kappa shape index (κ2) is 12.7. The molecule has 5 nitrogen and oxygen atoms in total. The van der Waals surface area contributed by atoms with E-state index in [1.54, 1.807) is 6.07 Å². The van der Waals surface area contributed by atoms with Crippen LogP contribution in [0.1, 0.15) is 0 Å². The Morgan fingerprint density at radius 2 is 1.57 bits per heavy atom. The standard InChI is InChI=1S/C34H30Cl2FN3O2/c35-24-11-14-32-29(19-24)28(27-5-1-2-6-30(27)36)20-33(38-32)23-9-12-26(13-10-23)42-22-25(41)21-39-15-17-40(18-16-39)34-8-4-3-7-31(34)37/h1-14,19-20,25,41H,15-18,21-22H2. The molecule has 4 aromatic carbocycles. The van der Waals surface area contributed by atoms with E-state index in [9.17, 15) is 9.50 Å². The number of aliphatic hydroxyl groups is 1. The molecular formula is C34H30Cl2FN3O2. The Bertz CT molecular complexity index is 1690. The molecule has 0 spiro atoms. The summed E-state index contributed by atoms with van der Waals surface area (Å²) in [6.45, 7) is 3.61. The summed E-state index contributed by atoms with van der Waals surface area (Å²) in [6, 6.07) is 30.0. The summed E-state index contributed by atoms with van der Waals surface area (Å²) < 4.78 is 20.0. The topological polar surface area (TPSA) is 48.8 Å². The van der Waals surface area contributed by atoms with Gasteiger partial charge in [-0.1, -0.05) is 53.5 Å². The first kappa shape index (κ1) is 28.4. The van der Waals surface area contributed by atoms with Gasteiger partial charge in [-0.3, -0.25) is 4.90 Å². The zero-order valence-electron chi connectivity index (χ0n) is 22.9. The third-order valence-electron chi connectivity index (χ3n) is 7.56. The summed E-state index contributed by atoms with van der Waals surface area (Å²) in [5, 5.41) is 12.9. The van der Waals surface area contributed by atoms with Crippen molar-refractivity contribution in [1.29, 1.82) is 0 Å². The molecule has 0 radical (unpaired) electrons. The SMILES string of the molecule is OC(COc1ccc(-c2cc(-c3ccccc3Cl)c3cc(Cl)ccc3n2)cc1)CN1CCN(c2ccccc2F)CC1. The molecule has 42 heavy (non-hydrogen) atoms. The number of hydrogen-bond acceptors (Lipinski definition) is 5. The van der Waals surface area contributed by atoms with Crippen LogP contribution >= 0.6 is 23.2 Å². The van der Waals surface area contributed by atoms with Gasteiger partial charge in [0.2, 0.25) is 0 Å². The molecule has 1 aliphatic rings. The lowest BCUT2D eigenvalue weighted by Gasteiger charge is -2.36. The van der Waals surface area contributed by atoms with Crippen LogP contribution in [-0.4, -0.2) is 60.4 Å². The fourth-order valence-corrected chi connectivity index (χ4v) is 5.80. The summed E-state index contributed by atoms with van der Waals surface area (Å²) in [5.74, 6) is 0.466. The summed E-state index contributed by atoms with van der Waals surface area (Å²) in [7, 11) is 0. The summed E-state index contributed by atoms with van der Waals surface area (Å²) in [6.07, 6.45) is -0.642. The van der Waals surface area contributed by atoms with Gasteiger partial charge in [-0.15, -0.1) is 0 Å². The molecule has 1 saturated heterocycles. The quantitative estimate of drug-likeness (QED) is 0.199. The van der Waals surface area contributed by atoms with Crippen LogP contribution in [0.15, 0.2) is 97.1 Å². The van der Waals surface area contributed by atoms with Gasteiger partial charge in [0.15, 0.2) is 0 Å². The molecule has 0 bridgehead atoms. The molecule has 8 heteroatoms. The summed E-state index contributed by atoms with van der Waals surface area (Å²) >= 11 is 12.9. The van der Waals surface area contributed by atoms with Gasteiger partial charge in [0.05, 0.1) is 16.9 Å². The average Bonchev–Trinajstić information content (AvgIpc) is 3.01. The molecule has 1 N–H and O–H groups in total. The fraction of sp³-hybridized carbons (Fsp3) is 0.206. The molecule has 0 aliphatic carbocycles. The number of hydrogen-bond donors (Lipinski definition) is 1. The number of rotatable bonds is 8. The number of benzene rings is 4. The van der Waals surface area contributed by atoms with Crippen LogP contribution in [0.3, 0.4) is 0 Å². The van der Waals surface area contributed by atoms with E-state index in [0.717, 1.165) is 46.4 Å². The maximum Gasteiger partial charge on any atom is 0.146 e. The molecule has 1 fully saturated rings. The number of pyridine rings is 1. The number of anilines is 1. The number of β-amino-alcohol motifs (C(OH)–C–C–N with tert-alkyl or cyclic N) is 1. The number of piperazine rings is 1. The summed E-state index contributed by atoms with van der Waals surface area (Å²) in [4.78, 5) is 9.12. The maximum absolute atomic E-state index is 14.1. The minimum atomic E-state index is -0.642. The third-order valence-corrected chi connectivity index (χ3v) is 8.13. The van der Waals surface area contributed by atoms with E-state index in [1.807, 2.05) is 89.8 Å². The number of para-hydroxylation sites is 1. The van der Waals surface area contributed by atoms with E-state index >= 15 is 0 Å².